The van der Waals surface area contributed by atoms with E-state index in [1.54, 1.807) is 6.07 Å². The summed E-state index contributed by atoms with van der Waals surface area (Å²) in [6.45, 7) is 14.7. The van der Waals surface area contributed by atoms with E-state index < -0.39 is 0 Å². The van der Waals surface area contributed by atoms with E-state index in [2.05, 4.69) is 57.9 Å². The lowest BCUT2D eigenvalue weighted by atomic mass is 9.87. The van der Waals surface area contributed by atoms with Crippen LogP contribution >= 0.6 is 11.6 Å². The van der Waals surface area contributed by atoms with Crippen LogP contribution in [0.1, 0.15) is 56.4 Å². The molecular weight excluding hydrogens is 419 g/mol. The topological polar surface area (TPSA) is 24.9 Å². The number of rotatable bonds is 7. The van der Waals surface area contributed by atoms with Gasteiger partial charge < -0.3 is 5.32 Å². The lowest BCUT2D eigenvalue weighted by molar-refractivity contribution is 0.558. The minimum Gasteiger partial charge on any atom is -0.368 e. The number of hydrogen-bond acceptors (Lipinski definition) is 2. The molecule has 0 saturated heterocycles. The van der Waals surface area contributed by atoms with Gasteiger partial charge in [0.25, 0.3) is 0 Å². The summed E-state index contributed by atoms with van der Waals surface area (Å²) in [6.07, 6.45) is 3.61. The van der Waals surface area contributed by atoms with Gasteiger partial charge in [-0.3, -0.25) is 0 Å². The number of pyridine rings is 1. The first-order chi connectivity index (χ1) is 15.1. The monoisotopic (exact) mass is 452 g/mol. The molecule has 170 valence electrons. The van der Waals surface area contributed by atoms with Crippen LogP contribution in [-0.2, 0) is 6.42 Å². The molecule has 2 nitrogen and oxygen atoms in total. The quantitative estimate of drug-likeness (QED) is 0.388. The van der Waals surface area contributed by atoms with Crippen molar-refractivity contribution in [3.8, 4) is 22.3 Å². The van der Waals surface area contributed by atoms with Crippen LogP contribution in [-0.4, -0.2) is 11.0 Å². The summed E-state index contributed by atoms with van der Waals surface area (Å²) < 4.78 is 14.9. The average molecular weight is 453 g/mol. The Labute approximate surface area is 197 Å². The SMILES string of the molecule is Cc1c(C)c(-c2ccc(CCC(C)C)c(F)c2)c(Cl)c(C)c1-c1ccc(NC(C)C)nc1. The summed E-state index contributed by atoms with van der Waals surface area (Å²) in [5.41, 5.74) is 7.81. The van der Waals surface area contributed by atoms with Crippen molar-refractivity contribution in [2.75, 3.05) is 5.32 Å². The van der Waals surface area contributed by atoms with Crippen LogP contribution in [0.2, 0.25) is 5.02 Å². The number of hydrogen-bond donors (Lipinski definition) is 1. The molecule has 4 heteroatoms. The Morgan fingerprint density at radius 2 is 1.56 bits per heavy atom. The van der Waals surface area contributed by atoms with Crippen LogP contribution < -0.4 is 5.32 Å². The van der Waals surface area contributed by atoms with Crippen LogP contribution in [0.3, 0.4) is 0 Å². The molecule has 0 atom stereocenters. The molecule has 0 radical (unpaired) electrons. The standard InChI is InChI=1S/C28H34ClFN2/c1-16(2)8-9-21-10-11-22(14-24(21)30)27-19(6)18(5)26(20(7)28(27)29)23-12-13-25(31-15-23)32-17(3)4/h10-17H,8-9H2,1-7H3,(H,31,32). The summed E-state index contributed by atoms with van der Waals surface area (Å²) >= 11 is 6.90. The van der Waals surface area contributed by atoms with Crippen molar-refractivity contribution in [2.24, 2.45) is 5.92 Å². The third-order valence-electron chi connectivity index (χ3n) is 6.06. The first kappa shape index (κ1) is 24.3. The van der Waals surface area contributed by atoms with Crippen LogP contribution in [0.4, 0.5) is 10.2 Å². The van der Waals surface area contributed by atoms with Gasteiger partial charge in [-0.1, -0.05) is 37.6 Å². The highest BCUT2D eigenvalue weighted by molar-refractivity contribution is 6.35. The number of nitrogens with one attached hydrogen (secondary N) is 1. The Morgan fingerprint density at radius 3 is 2.12 bits per heavy atom. The molecule has 2 aromatic carbocycles. The average Bonchev–Trinajstić information content (AvgIpc) is 2.73. The van der Waals surface area contributed by atoms with Gasteiger partial charge in [-0.2, -0.15) is 0 Å². The van der Waals surface area contributed by atoms with Gasteiger partial charge in [0.2, 0.25) is 0 Å². The third-order valence-corrected chi connectivity index (χ3v) is 6.53. The van der Waals surface area contributed by atoms with Gasteiger partial charge in [0, 0.05) is 23.4 Å². The molecule has 0 fully saturated rings. The van der Waals surface area contributed by atoms with Crippen LogP contribution in [0, 0.1) is 32.5 Å². The smallest absolute Gasteiger partial charge is 0.127 e. The maximum atomic E-state index is 14.9. The maximum Gasteiger partial charge on any atom is 0.127 e. The number of aromatic nitrogens is 1. The number of nitrogens with zero attached hydrogens (tertiary/aromatic N) is 1. The van der Waals surface area contributed by atoms with Crippen molar-refractivity contribution in [3.63, 3.8) is 0 Å². The number of benzene rings is 2. The van der Waals surface area contributed by atoms with Crippen LogP contribution in [0.25, 0.3) is 22.3 Å². The fourth-order valence-corrected chi connectivity index (χ4v) is 4.51. The van der Waals surface area contributed by atoms with Gasteiger partial charge in [0.05, 0.1) is 5.02 Å². The van der Waals surface area contributed by atoms with Gasteiger partial charge >= 0.3 is 0 Å². The van der Waals surface area contributed by atoms with E-state index >= 15 is 0 Å². The Hall–Kier alpha value is -2.39. The molecule has 1 N–H and O–H groups in total. The molecule has 0 amide bonds. The minimum absolute atomic E-state index is 0.157. The lowest BCUT2D eigenvalue weighted by Crippen LogP contribution is -2.10. The molecule has 1 heterocycles. The summed E-state index contributed by atoms with van der Waals surface area (Å²) in [4.78, 5) is 4.56. The molecular formula is C28H34ClFN2. The Kier molecular flexibility index (Phi) is 7.61. The maximum absolute atomic E-state index is 14.9. The fourth-order valence-electron chi connectivity index (χ4n) is 4.17. The first-order valence-corrected chi connectivity index (χ1v) is 11.8. The number of aryl methyl sites for hydroxylation is 1. The predicted octanol–water partition coefficient (Wildman–Crippen LogP) is 8.54. The van der Waals surface area contributed by atoms with E-state index in [4.69, 9.17) is 11.6 Å². The summed E-state index contributed by atoms with van der Waals surface area (Å²) in [6, 6.07) is 9.94. The minimum atomic E-state index is -0.157. The van der Waals surface area contributed by atoms with Gasteiger partial charge in [-0.25, -0.2) is 9.37 Å². The molecule has 0 aliphatic carbocycles. The van der Waals surface area contributed by atoms with E-state index in [0.717, 1.165) is 63.2 Å². The molecule has 3 aromatic rings. The predicted molar refractivity (Wildman–Crippen MR) is 136 cm³/mol. The Balaban J connectivity index is 2.03. The largest absolute Gasteiger partial charge is 0.368 e. The molecule has 0 bridgehead atoms. The van der Waals surface area contributed by atoms with Crippen molar-refractivity contribution in [1.82, 2.24) is 4.98 Å². The first-order valence-electron chi connectivity index (χ1n) is 11.4. The highest BCUT2D eigenvalue weighted by Gasteiger charge is 2.19. The highest BCUT2D eigenvalue weighted by atomic mass is 35.5. The molecule has 0 saturated carbocycles. The summed E-state index contributed by atoms with van der Waals surface area (Å²) in [5, 5.41) is 3.99. The lowest BCUT2D eigenvalue weighted by Gasteiger charge is -2.20. The summed E-state index contributed by atoms with van der Waals surface area (Å²) in [5.74, 6) is 1.25. The fraction of sp³-hybridized carbons (Fsp3) is 0.393. The second kappa shape index (κ2) is 10.0. The molecule has 32 heavy (non-hydrogen) atoms. The molecule has 3 rings (SSSR count). The normalized spacial score (nSPS) is 11.5. The third kappa shape index (κ3) is 5.15. The Bertz CT molecular complexity index is 1070. The second-order valence-electron chi connectivity index (χ2n) is 9.41. The van der Waals surface area contributed by atoms with Gasteiger partial charge in [0.15, 0.2) is 0 Å². The van der Waals surface area contributed by atoms with E-state index in [-0.39, 0.29) is 5.82 Å². The molecule has 1 aromatic heterocycles. The molecule has 0 aliphatic rings. The van der Waals surface area contributed by atoms with Crippen LogP contribution in [0.15, 0.2) is 36.5 Å². The zero-order chi connectivity index (χ0) is 23.6. The van der Waals surface area contributed by atoms with Crippen molar-refractivity contribution >= 4 is 17.4 Å². The zero-order valence-electron chi connectivity index (χ0n) is 20.2. The van der Waals surface area contributed by atoms with E-state index in [1.807, 2.05) is 31.3 Å². The van der Waals surface area contributed by atoms with E-state index in [0.29, 0.717) is 17.0 Å². The molecule has 0 aliphatic heterocycles. The second-order valence-corrected chi connectivity index (χ2v) is 9.79. The van der Waals surface area contributed by atoms with E-state index in [1.165, 1.54) is 0 Å². The zero-order valence-corrected chi connectivity index (χ0v) is 21.0. The molecule has 0 unspecified atom stereocenters. The molecule has 0 spiro atoms. The highest BCUT2D eigenvalue weighted by Crippen LogP contribution is 2.42. The van der Waals surface area contributed by atoms with Gasteiger partial charge in [0.1, 0.15) is 11.6 Å². The van der Waals surface area contributed by atoms with Crippen molar-refractivity contribution < 1.29 is 4.39 Å². The number of halogens is 2. The Morgan fingerprint density at radius 1 is 0.906 bits per heavy atom. The number of anilines is 1. The van der Waals surface area contributed by atoms with Gasteiger partial charge in [-0.15, -0.1) is 0 Å². The van der Waals surface area contributed by atoms with Crippen molar-refractivity contribution in [1.29, 1.82) is 0 Å². The van der Waals surface area contributed by atoms with Gasteiger partial charge in [-0.05, 0) is 105 Å². The van der Waals surface area contributed by atoms with Crippen molar-refractivity contribution in [2.45, 2.75) is 67.3 Å². The van der Waals surface area contributed by atoms with Crippen molar-refractivity contribution in [3.05, 3.63) is 69.6 Å². The van der Waals surface area contributed by atoms with E-state index in [9.17, 15) is 4.39 Å². The summed E-state index contributed by atoms with van der Waals surface area (Å²) in [7, 11) is 0. The van der Waals surface area contributed by atoms with Crippen LogP contribution in [0.5, 0.6) is 0 Å².